The van der Waals surface area contributed by atoms with Crippen LogP contribution in [0.1, 0.15) is 5.82 Å². The Morgan fingerprint density at radius 1 is 1.21 bits per heavy atom. The number of hydrogen-bond donors (Lipinski definition) is 1. The highest BCUT2D eigenvalue weighted by Crippen LogP contribution is 2.44. The smallest absolute Gasteiger partial charge is 0.234 e. The SMILES string of the molecule is FC1C2CO[C@@H]1COP(S)OCCn1nc(-c3ccncc3)nc1COPO2. The van der Waals surface area contributed by atoms with Gasteiger partial charge in [-0.15, -0.1) is 0 Å². The monoisotopic (exact) mass is 448 g/mol. The molecule has 0 saturated carbocycles. The topological polar surface area (TPSA) is 89.8 Å². The Kier molecular flexibility index (Phi) is 7.19. The Morgan fingerprint density at radius 3 is 2.93 bits per heavy atom. The molecule has 2 aromatic heterocycles. The number of thiol groups is 1. The van der Waals surface area contributed by atoms with Crippen molar-refractivity contribution in [3.8, 4) is 11.4 Å². The lowest BCUT2D eigenvalue weighted by molar-refractivity contribution is 0.0385. The molecular formula is C15H19FN4O5P2S. The molecule has 0 amide bonds. The molecule has 4 heterocycles. The fraction of sp³-hybridized carbons (Fsp3) is 0.533. The molecule has 0 aliphatic carbocycles. The van der Waals surface area contributed by atoms with Crippen LogP contribution in [-0.4, -0.2) is 57.9 Å². The predicted molar refractivity (Wildman–Crippen MR) is 104 cm³/mol. The highest BCUT2D eigenvalue weighted by molar-refractivity contribution is 8.41. The zero-order chi connectivity index (χ0) is 19.3. The molecule has 0 aromatic carbocycles. The van der Waals surface area contributed by atoms with E-state index in [9.17, 15) is 4.39 Å². The number of pyridine rings is 1. The van der Waals surface area contributed by atoms with Crippen molar-refractivity contribution in [3.05, 3.63) is 30.4 Å². The molecular weight excluding hydrogens is 429 g/mol. The predicted octanol–water partition coefficient (Wildman–Crippen LogP) is 2.69. The van der Waals surface area contributed by atoms with Gasteiger partial charge in [0.05, 0.1) is 26.4 Å². The van der Waals surface area contributed by atoms with E-state index in [1.54, 1.807) is 17.1 Å². The molecule has 2 bridgehead atoms. The number of ether oxygens (including phenoxy) is 1. The lowest BCUT2D eigenvalue weighted by atomic mass is 10.2. The summed E-state index contributed by atoms with van der Waals surface area (Å²) in [6.45, 7) is 1.14. The summed E-state index contributed by atoms with van der Waals surface area (Å²) in [6.07, 6.45) is 0.687. The highest BCUT2D eigenvalue weighted by Gasteiger charge is 2.39. The molecule has 5 atom stereocenters. The Morgan fingerprint density at radius 2 is 2.07 bits per heavy atom. The second kappa shape index (κ2) is 9.82. The molecule has 1 saturated heterocycles. The Bertz CT molecular complexity index is 776. The van der Waals surface area contributed by atoms with Gasteiger partial charge in [-0.3, -0.25) is 4.98 Å². The molecule has 4 rings (SSSR count). The van der Waals surface area contributed by atoms with Crippen molar-refractivity contribution in [1.29, 1.82) is 0 Å². The maximum Gasteiger partial charge on any atom is 0.234 e. The van der Waals surface area contributed by atoms with Gasteiger partial charge in [0.15, 0.2) is 26.9 Å². The van der Waals surface area contributed by atoms with Crippen LogP contribution in [0.15, 0.2) is 24.5 Å². The van der Waals surface area contributed by atoms with Gasteiger partial charge in [0.2, 0.25) is 7.58 Å². The lowest BCUT2D eigenvalue weighted by Gasteiger charge is -2.17. The number of hydrogen-bond acceptors (Lipinski definition) is 9. The number of rotatable bonds is 1. The van der Waals surface area contributed by atoms with E-state index in [4.69, 9.17) is 22.8 Å². The van der Waals surface area contributed by atoms with Crippen molar-refractivity contribution in [1.82, 2.24) is 19.7 Å². The molecule has 0 spiro atoms. The largest absolute Gasteiger partial charge is 0.370 e. The van der Waals surface area contributed by atoms with Crippen molar-refractivity contribution >= 4 is 28.9 Å². The van der Waals surface area contributed by atoms with Gasteiger partial charge in [-0.2, -0.15) is 5.10 Å². The normalized spacial score (nSPS) is 30.5. The average Bonchev–Trinajstić information content (AvgIpc) is 3.27. The first-order chi connectivity index (χ1) is 13.7. The van der Waals surface area contributed by atoms with Gasteiger partial charge in [0.25, 0.3) is 0 Å². The summed E-state index contributed by atoms with van der Waals surface area (Å²) in [5.41, 5.74) is 0.846. The second-order valence-corrected chi connectivity index (χ2v) is 8.68. The van der Waals surface area contributed by atoms with E-state index < -0.39 is 26.0 Å². The third-order valence-corrected chi connectivity index (χ3v) is 6.31. The van der Waals surface area contributed by atoms with Crippen LogP contribution < -0.4 is 0 Å². The summed E-state index contributed by atoms with van der Waals surface area (Å²) < 4.78 is 43.6. The van der Waals surface area contributed by atoms with E-state index in [0.717, 1.165) is 5.56 Å². The Hall–Kier alpha value is -0.770. The molecule has 28 heavy (non-hydrogen) atoms. The quantitative estimate of drug-likeness (QED) is 0.526. The lowest BCUT2D eigenvalue weighted by Crippen LogP contribution is -2.29. The highest BCUT2D eigenvalue weighted by atomic mass is 32.7. The van der Waals surface area contributed by atoms with Crippen LogP contribution in [0.2, 0.25) is 0 Å². The fourth-order valence-corrected chi connectivity index (χ4v) is 4.34. The Balaban J connectivity index is 1.48. The van der Waals surface area contributed by atoms with Crippen LogP contribution >= 0.6 is 28.9 Å². The number of alkyl halides is 1. The molecule has 2 aliphatic rings. The van der Waals surface area contributed by atoms with Gasteiger partial charge in [-0.1, -0.05) is 12.2 Å². The first-order valence-corrected chi connectivity index (χ1v) is 11.7. The third-order valence-electron chi connectivity index (χ3n) is 4.19. The summed E-state index contributed by atoms with van der Waals surface area (Å²) in [7, 11) is -1.80. The van der Waals surface area contributed by atoms with Crippen LogP contribution in [-0.2, 0) is 36.0 Å². The van der Waals surface area contributed by atoms with Crippen LogP contribution in [0.3, 0.4) is 0 Å². The van der Waals surface area contributed by atoms with Crippen LogP contribution in [0.5, 0.6) is 0 Å². The van der Waals surface area contributed by atoms with Gasteiger partial charge >= 0.3 is 0 Å². The summed E-state index contributed by atoms with van der Waals surface area (Å²) in [4.78, 5) is 8.54. The van der Waals surface area contributed by atoms with Gasteiger partial charge in [0.1, 0.15) is 18.8 Å². The van der Waals surface area contributed by atoms with E-state index in [1.165, 1.54) is 0 Å². The van der Waals surface area contributed by atoms with Gasteiger partial charge in [-0.25, -0.2) is 14.1 Å². The summed E-state index contributed by atoms with van der Waals surface area (Å²) >= 11 is 4.28. The van der Waals surface area contributed by atoms with Crippen molar-refractivity contribution in [2.24, 2.45) is 0 Å². The molecule has 13 heteroatoms. The minimum Gasteiger partial charge on any atom is -0.370 e. The minimum atomic E-state index is -1.46. The third kappa shape index (κ3) is 5.04. The number of halogens is 1. The van der Waals surface area contributed by atoms with Crippen LogP contribution in [0, 0.1) is 0 Å². The molecule has 152 valence electrons. The number of fused-ring (bicyclic) bond motifs is 3. The standard InChI is InChI=1S/C15H19FN4O5P2S/c16-14-11-8-24-27(28)23-6-5-20-13(9-22-26-25-12(14)7-21-11)18-15(19-20)10-1-3-17-4-2-10/h1-4,11-12,14,26,28H,5-9H2/t11-,12?,14?,27?/m1/s1. The fourth-order valence-electron chi connectivity index (χ4n) is 2.73. The molecule has 4 unspecified atom stereocenters. The molecule has 0 N–H and O–H groups in total. The summed E-state index contributed by atoms with van der Waals surface area (Å²) in [5.74, 6) is 1.18. The number of nitrogens with zero attached hydrogens (tertiary/aromatic N) is 4. The van der Waals surface area contributed by atoms with E-state index in [-0.39, 0.29) is 28.9 Å². The minimum absolute atomic E-state index is 0.0565. The average molecular weight is 448 g/mol. The first kappa shape index (κ1) is 20.5. The van der Waals surface area contributed by atoms with E-state index in [1.807, 2.05) is 12.1 Å². The molecule has 2 aromatic rings. The molecule has 2 aliphatic heterocycles. The zero-order valence-corrected chi connectivity index (χ0v) is 17.5. The molecule has 0 radical (unpaired) electrons. The van der Waals surface area contributed by atoms with Crippen molar-refractivity contribution in [2.75, 3.05) is 19.8 Å². The van der Waals surface area contributed by atoms with Crippen molar-refractivity contribution in [2.45, 2.75) is 31.5 Å². The summed E-state index contributed by atoms with van der Waals surface area (Å²) in [5, 5.41) is 4.53. The van der Waals surface area contributed by atoms with Crippen molar-refractivity contribution in [3.63, 3.8) is 0 Å². The van der Waals surface area contributed by atoms with E-state index in [0.29, 0.717) is 24.8 Å². The summed E-state index contributed by atoms with van der Waals surface area (Å²) in [6, 6.07) is 3.66. The van der Waals surface area contributed by atoms with Crippen LogP contribution in [0.4, 0.5) is 4.39 Å². The van der Waals surface area contributed by atoms with Crippen molar-refractivity contribution < 1.29 is 27.2 Å². The zero-order valence-electron chi connectivity index (χ0n) is 14.7. The maximum absolute atomic E-state index is 14.4. The first-order valence-electron chi connectivity index (χ1n) is 8.58. The van der Waals surface area contributed by atoms with Crippen LogP contribution in [0.25, 0.3) is 11.4 Å². The van der Waals surface area contributed by atoms with E-state index >= 15 is 0 Å². The number of aromatic nitrogens is 4. The maximum atomic E-state index is 14.4. The second-order valence-electron chi connectivity index (χ2n) is 6.02. The van der Waals surface area contributed by atoms with Gasteiger partial charge in [0, 0.05) is 18.0 Å². The Labute approximate surface area is 169 Å². The van der Waals surface area contributed by atoms with Gasteiger partial charge < -0.3 is 22.8 Å². The molecule has 1 fully saturated rings. The van der Waals surface area contributed by atoms with Gasteiger partial charge in [-0.05, 0) is 12.1 Å². The molecule has 9 nitrogen and oxygen atoms in total. The van der Waals surface area contributed by atoms with E-state index in [2.05, 4.69) is 27.3 Å².